The van der Waals surface area contributed by atoms with Gasteiger partial charge in [-0.1, -0.05) is 36.4 Å². The summed E-state index contributed by atoms with van der Waals surface area (Å²) in [6.45, 7) is 1.32. The van der Waals surface area contributed by atoms with Crippen LogP contribution in [0.3, 0.4) is 0 Å². The van der Waals surface area contributed by atoms with Crippen molar-refractivity contribution in [2.75, 3.05) is 12.7 Å². The molecule has 2 aromatic rings. The van der Waals surface area contributed by atoms with Crippen LogP contribution in [0.2, 0.25) is 0 Å². The fourth-order valence-electron chi connectivity index (χ4n) is 1.99. The van der Waals surface area contributed by atoms with Gasteiger partial charge in [0.15, 0.2) is 0 Å². The summed E-state index contributed by atoms with van der Waals surface area (Å²) in [7, 11) is -3.85. The second kappa shape index (κ2) is 6.31. The highest BCUT2D eigenvalue weighted by Crippen LogP contribution is 2.34. The number of hydrogen-bond acceptors (Lipinski definition) is 2. The maximum absolute atomic E-state index is 10.7. The molecule has 0 unspecified atom stereocenters. The van der Waals surface area contributed by atoms with Crippen molar-refractivity contribution < 1.29 is 14.4 Å². The molecule has 0 heterocycles. The van der Waals surface area contributed by atoms with Crippen LogP contribution in [0.15, 0.2) is 42.5 Å². The predicted octanol–water partition coefficient (Wildman–Crippen LogP) is 2.50. The van der Waals surface area contributed by atoms with Crippen LogP contribution < -0.4 is 5.32 Å². The summed E-state index contributed by atoms with van der Waals surface area (Å²) in [5.41, 5.74) is 1.18. The first-order chi connectivity index (χ1) is 9.04. The normalized spacial score (nSPS) is 11.9. The zero-order valence-electron chi connectivity index (χ0n) is 10.6. The minimum Gasteiger partial charge on any atom is -0.324 e. The Hall–Kier alpha value is -1.19. The van der Waals surface area contributed by atoms with E-state index in [1.807, 2.05) is 12.1 Å². The first-order valence-electron chi connectivity index (χ1n) is 6.27. The Morgan fingerprint density at radius 1 is 1.05 bits per heavy atom. The summed E-state index contributed by atoms with van der Waals surface area (Å²) >= 11 is 0. The van der Waals surface area contributed by atoms with Gasteiger partial charge >= 0.3 is 7.60 Å². The lowest BCUT2D eigenvalue weighted by molar-refractivity contribution is 0.371. The van der Waals surface area contributed by atoms with Gasteiger partial charge in [-0.2, -0.15) is 0 Å². The van der Waals surface area contributed by atoms with Gasteiger partial charge in [0, 0.05) is 6.54 Å². The zero-order chi connectivity index (χ0) is 13.7. The summed E-state index contributed by atoms with van der Waals surface area (Å²) in [5.74, 6) is 0. The Balaban J connectivity index is 1.83. The fourth-order valence-corrected chi connectivity index (χ4v) is 2.56. The number of benzene rings is 2. The molecule has 0 radical (unpaired) electrons. The molecule has 0 aromatic heterocycles. The summed E-state index contributed by atoms with van der Waals surface area (Å²) in [6, 6.07) is 14.5. The second-order valence-corrected chi connectivity index (χ2v) is 6.38. The van der Waals surface area contributed by atoms with Crippen LogP contribution in [0, 0.1) is 0 Å². The van der Waals surface area contributed by atoms with Crippen LogP contribution in [0.4, 0.5) is 0 Å². The SMILES string of the molecule is O=P(O)(O)CCCNCc1ccc2ccccc2c1. The molecule has 0 atom stereocenters. The molecule has 102 valence electrons. The number of hydrogen-bond donors (Lipinski definition) is 3. The average Bonchev–Trinajstić information content (AvgIpc) is 2.37. The van der Waals surface area contributed by atoms with Crippen molar-refractivity contribution in [1.29, 1.82) is 0 Å². The predicted molar refractivity (Wildman–Crippen MR) is 77.2 cm³/mol. The molecule has 0 aliphatic heterocycles. The number of fused-ring (bicyclic) bond motifs is 1. The van der Waals surface area contributed by atoms with Gasteiger partial charge in [0.2, 0.25) is 0 Å². The summed E-state index contributed by atoms with van der Waals surface area (Å²) in [4.78, 5) is 17.5. The summed E-state index contributed by atoms with van der Waals surface area (Å²) in [5, 5.41) is 5.62. The van der Waals surface area contributed by atoms with E-state index in [1.54, 1.807) is 0 Å². The highest BCUT2D eigenvalue weighted by Gasteiger charge is 2.10. The molecule has 0 aliphatic rings. The second-order valence-electron chi connectivity index (χ2n) is 4.60. The molecule has 0 amide bonds. The molecule has 2 aromatic carbocycles. The Labute approximate surface area is 112 Å². The van der Waals surface area contributed by atoms with E-state index in [-0.39, 0.29) is 6.16 Å². The Morgan fingerprint density at radius 3 is 2.53 bits per heavy atom. The molecule has 19 heavy (non-hydrogen) atoms. The van der Waals surface area contributed by atoms with E-state index in [0.717, 1.165) is 0 Å². The molecule has 2 rings (SSSR count). The van der Waals surface area contributed by atoms with Crippen LogP contribution in [-0.2, 0) is 11.1 Å². The minimum absolute atomic E-state index is 0.0578. The van der Waals surface area contributed by atoms with Gasteiger partial charge in [-0.25, -0.2) is 0 Å². The topological polar surface area (TPSA) is 69.6 Å². The van der Waals surface area contributed by atoms with Gasteiger partial charge in [-0.05, 0) is 35.4 Å². The lowest BCUT2D eigenvalue weighted by Gasteiger charge is -2.07. The van der Waals surface area contributed by atoms with Crippen molar-refractivity contribution in [2.45, 2.75) is 13.0 Å². The monoisotopic (exact) mass is 279 g/mol. The lowest BCUT2D eigenvalue weighted by atomic mass is 10.1. The molecule has 0 saturated carbocycles. The Bertz CT molecular complexity index is 594. The zero-order valence-corrected chi connectivity index (χ0v) is 11.5. The smallest absolute Gasteiger partial charge is 0.324 e. The first-order valence-corrected chi connectivity index (χ1v) is 8.07. The molecular weight excluding hydrogens is 261 g/mol. The highest BCUT2D eigenvalue weighted by atomic mass is 31.2. The van der Waals surface area contributed by atoms with Crippen LogP contribution >= 0.6 is 7.60 Å². The van der Waals surface area contributed by atoms with E-state index < -0.39 is 7.60 Å². The Morgan fingerprint density at radius 2 is 1.79 bits per heavy atom. The lowest BCUT2D eigenvalue weighted by Crippen LogP contribution is -2.15. The highest BCUT2D eigenvalue weighted by molar-refractivity contribution is 7.51. The van der Waals surface area contributed by atoms with Crippen LogP contribution in [0.25, 0.3) is 10.8 Å². The van der Waals surface area contributed by atoms with Crippen molar-refractivity contribution in [3.8, 4) is 0 Å². The molecule has 4 nitrogen and oxygen atoms in total. The average molecular weight is 279 g/mol. The van der Waals surface area contributed by atoms with Gasteiger partial charge in [0.1, 0.15) is 0 Å². The molecule has 0 saturated heterocycles. The maximum atomic E-state index is 10.7. The maximum Gasteiger partial charge on any atom is 0.325 e. The van der Waals surface area contributed by atoms with Gasteiger partial charge in [-0.3, -0.25) is 4.57 Å². The van der Waals surface area contributed by atoms with Crippen LogP contribution in [-0.4, -0.2) is 22.5 Å². The third-order valence-corrected chi connectivity index (χ3v) is 3.84. The van der Waals surface area contributed by atoms with Crippen LogP contribution in [0.1, 0.15) is 12.0 Å². The first kappa shape index (κ1) is 14.2. The van der Waals surface area contributed by atoms with Crippen molar-refractivity contribution in [3.05, 3.63) is 48.0 Å². The van der Waals surface area contributed by atoms with E-state index in [0.29, 0.717) is 19.5 Å². The third kappa shape index (κ3) is 4.77. The summed E-state index contributed by atoms with van der Waals surface area (Å²) < 4.78 is 10.7. The van der Waals surface area contributed by atoms with Crippen molar-refractivity contribution in [1.82, 2.24) is 5.32 Å². The molecule has 0 spiro atoms. The minimum atomic E-state index is -3.85. The van der Waals surface area contributed by atoms with Crippen molar-refractivity contribution in [3.63, 3.8) is 0 Å². The quantitative estimate of drug-likeness (QED) is 0.561. The standard InChI is InChI=1S/C14H18NO3P/c16-19(17,18)9-3-8-15-11-12-6-7-13-4-1-2-5-14(13)10-12/h1-2,4-7,10,15H,3,8-9,11H2,(H2,16,17,18). The van der Waals surface area contributed by atoms with E-state index in [1.165, 1.54) is 16.3 Å². The van der Waals surface area contributed by atoms with Crippen molar-refractivity contribution >= 4 is 18.4 Å². The fraction of sp³-hybridized carbons (Fsp3) is 0.286. The van der Waals surface area contributed by atoms with E-state index >= 15 is 0 Å². The van der Waals surface area contributed by atoms with Gasteiger partial charge in [-0.15, -0.1) is 0 Å². The third-order valence-electron chi connectivity index (χ3n) is 2.95. The van der Waals surface area contributed by atoms with E-state index in [4.69, 9.17) is 9.79 Å². The molecule has 0 aliphatic carbocycles. The molecule has 5 heteroatoms. The summed E-state index contributed by atoms with van der Waals surface area (Å²) in [6.07, 6.45) is 0.426. The molecular formula is C14H18NO3P. The molecule has 3 N–H and O–H groups in total. The van der Waals surface area contributed by atoms with Crippen LogP contribution in [0.5, 0.6) is 0 Å². The van der Waals surface area contributed by atoms with E-state index in [2.05, 4.69) is 35.6 Å². The largest absolute Gasteiger partial charge is 0.325 e. The van der Waals surface area contributed by atoms with Gasteiger partial charge in [0.05, 0.1) is 6.16 Å². The van der Waals surface area contributed by atoms with Gasteiger partial charge in [0.25, 0.3) is 0 Å². The van der Waals surface area contributed by atoms with E-state index in [9.17, 15) is 4.57 Å². The number of nitrogens with one attached hydrogen (secondary N) is 1. The Kier molecular flexibility index (Phi) is 4.72. The molecule has 0 bridgehead atoms. The van der Waals surface area contributed by atoms with Crippen molar-refractivity contribution in [2.24, 2.45) is 0 Å². The van der Waals surface area contributed by atoms with Gasteiger partial charge < -0.3 is 15.1 Å². The molecule has 0 fully saturated rings. The number of rotatable bonds is 6.